The number of rotatable bonds is 4. The van der Waals surface area contributed by atoms with E-state index in [-0.39, 0.29) is 5.91 Å². The molecule has 5 heteroatoms. The second-order valence-corrected chi connectivity index (χ2v) is 5.79. The lowest BCUT2D eigenvalue weighted by atomic mass is 10.1. The molecule has 1 aliphatic heterocycles. The summed E-state index contributed by atoms with van der Waals surface area (Å²) in [5, 5.41) is 0. The molecule has 3 rings (SSSR count). The van der Waals surface area contributed by atoms with E-state index in [2.05, 4.69) is 0 Å². The van der Waals surface area contributed by atoms with E-state index in [4.69, 9.17) is 10.5 Å². The van der Waals surface area contributed by atoms with Crippen LogP contribution in [-0.4, -0.2) is 24.5 Å². The lowest BCUT2D eigenvalue weighted by molar-refractivity contribution is -0.127. The third kappa shape index (κ3) is 3.11. The van der Waals surface area contributed by atoms with Gasteiger partial charge < -0.3 is 15.4 Å². The number of hydrogen-bond acceptors (Lipinski definition) is 4. The van der Waals surface area contributed by atoms with Gasteiger partial charge in [-0.1, -0.05) is 25.1 Å². The first-order valence-corrected chi connectivity index (χ1v) is 8.06. The Kier molecular flexibility index (Phi) is 4.51. The van der Waals surface area contributed by atoms with Gasteiger partial charge in [-0.05, 0) is 48.7 Å². The lowest BCUT2D eigenvalue weighted by Gasteiger charge is -2.23. The molecule has 0 saturated heterocycles. The fraction of sp³-hybridized carbons (Fsp3) is 0.263. The molecular formula is C19H20N2O3. The highest BCUT2D eigenvalue weighted by Gasteiger charge is 2.31. The number of anilines is 2. The monoisotopic (exact) mass is 324 g/mol. The van der Waals surface area contributed by atoms with E-state index < -0.39 is 12.1 Å². The second-order valence-electron chi connectivity index (χ2n) is 5.79. The number of amides is 1. The van der Waals surface area contributed by atoms with Gasteiger partial charge in [0.25, 0.3) is 5.91 Å². The summed E-state index contributed by atoms with van der Waals surface area (Å²) in [5.41, 5.74) is 8.63. The number of ether oxygens (including phenoxy) is 1. The molecule has 0 spiro atoms. The Morgan fingerprint density at radius 1 is 1.17 bits per heavy atom. The molecule has 0 radical (unpaired) electrons. The van der Waals surface area contributed by atoms with E-state index in [0.29, 0.717) is 24.2 Å². The maximum Gasteiger partial charge on any atom is 0.338 e. The molecule has 0 bridgehead atoms. The van der Waals surface area contributed by atoms with Gasteiger partial charge in [0.15, 0.2) is 6.10 Å². The average molecular weight is 324 g/mol. The minimum absolute atomic E-state index is 0.175. The van der Waals surface area contributed by atoms with Crippen molar-refractivity contribution in [3.63, 3.8) is 0 Å². The van der Waals surface area contributed by atoms with Crippen molar-refractivity contribution in [1.82, 2.24) is 0 Å². The van der Waals surface area contributed by atoms with Crippen molar-refractivity contribution in [2.24, 2.45) is 0 Å². The van der Waals surface area contributed by atoms with Gasteiger partial charge in [0.1, 0.15) is 0 Å². The number of nitrogens with two attached hydrogens (primary N) is 1. The van der Waals surface area contributed by atoms with Crippen molar-refractivity contribution in [3.05, 3.63) is 59.7 Å². The Bertz CT molecular complexity index is 755. The molecule has 124 valence electrons. The number of carbonyl (C=O) groups excluding carboxylic acids is 2. The Morgan fingerprint density at radius 3 is 2.58 bits per heavy atom. The SMILES string of the molecule is CCC(OC(=O)c1ccc(N)cc1)C(=O)N1CCc2ccccc21. The fourth-order valence-corrected chi connectivity index (χ4v) is 2.87. The third-order valence-electron chi connectivity index (χ3n) is 4.20. The number of hydrogen-bond donors (Lipinski definition) is 1. The molecule has 5 nitrogen and oxygen atoms in total. The highest BCUT2D eigenvalue weighted by molar-refractivity contribution is 6.00. The van der Waals surface area contributed by atoms with Crippen molar-refractivity contribution < 1.29 is 14.3 Å². The summed E-state index contributed by atoms with van der Waals surface area (Å²) < 4.78 is 5.44. The zero-order chi connectivity index (χ0) is 17.1. The number of esters is 1. The Hall–Kier alpha value is -2.82. The van der Waals surface area contributed by atoms with Crippen LogP contribution >= 0.6 is 0 Å². The third-order valence-corrected chi connectivity index (χ3v) is 4.20. The van der Waals surface area contributed by atoms with Gasteiger partial charge in [-0.15, -0.1) is 0 Å². The quantitative estimate of drug-likeness (QED) is 0.693. The van der Waals surface area contributed by atoms with Crippen molar-refractivity contribution in [3.8, 4) is 0 Å². The van der Waals surface area contributed by atoms with Crippen LogP contribution in [0.15, 0.2) is 48.5 Å². The number of nitrogen functional groups attached to an aromatic ring is 1. The molecule has 1 heterocycles. The smallest absolute Gasteiger partial charge is 0.338 e. The predicted octanol–water partition coefficient (Wildman–Crippen LogP) is 2.79. The normalized spacial score (nSPS) is 14.1. The summed E-state index contributed by atoms with van der Waals surface area (Å²) in [4.78, 5) is 26.8. The summed E-state index contributed by atoms with van der Waals surface area (Å²) >= 11 is 0. The molecule has 1 unspecified atom stereocenters. The van der Waals surface area contributed by atoms with Crippen LogP contribution in [0.25, 0.3) is 0 Å². The van der Waals surface area contributed by atoms with Gasteiger partial charge in [-0.2, -0.15) is 0 Å². The van der Waals surface area contributed by atoms with Gasteiger partial charge in [0, 0.05) is 17.9 Å². The van der Waals surface area contributed by atoms with E-state index in [0.717, 1.165) is 17.7 Å². The topological polar surface area (TPSA) is 72.6 Å². The molecule has 1 atom stereocenters. The molecule has 2 aromatic carbocycles. The van der Waals surface area contributed by atoms with Crippen LogP contribution in [0, 0.1) is 0 Å². The van der Waals surface area contributed by atoms with Gasteiger partial charge >= 0.3 is 5.97 Å². The van der Waals surface area contributed by atoms with E-state index in [1.807, 2.05) is 31.2 Å². The van der Waals surface area contributed by atoms with Crippen LogP contribution in [0.3, 0.4) is 0 Å². The minimum Gasteiger partial charge on any atom is -0.449 e. The first-order chi connectivity index (χ1) is 11.6. The molecule has 24 heavy (non-hydrogen) atoms. The van der Waals surface area contributed by atoms with Crippen LogP contribution in [0.1, 0.15) is 29.3 Å². The number of fused-ring (bicyclic) bond motifs is 1. The molecule has 0 fully saturated rings. The molecule has 0 aromatic heterocycles. The predicted molar refractivity (Wildman–Crippen MR) is 92.8 cm³/mol. The zero-order valence-electron chi connectivity index (χ0n) is 13.6. The summed E-state index contributed by atoms with van der Waals surface area (Å²) in [6.07, 6.45) is 0.462. The van der Waals surface area contributed by atoms with Gasteiger partial charge in [0.2, 0.25) is 0 Å². The summed E-state index contributed by atoms with van der Waals surface area (Å²) in [7, 11) is 0. The highest BCUT2D eigenvalue weighted by atomic mass is 16.5. The molecule has 2 N–H and O–H groups in total. The van der Waals surface area contributed by atoms with E-state index in [9.17, 15) is 9.59 Å². The average Bonchev–Trinajstić information content (AvgIpc) is 3.03. The number of carbonyl (C=O) groups is 2. The van der Waals surface area contributed by atoms with Gasteiger partial charge in [-0.25, -0.2) is 4.79 Å². The summed E-state index contributed by atoms with van der Waals surface area (Å²) in [6.45, 7) is 2.45. The molecule has 1 amide bonds. The van der Waals surface area contributed by atoms with Crippen molar-refractivity contribution in [2.75, 3.05) is 17.2 Å². The van der Waals surface area contributed by atoms with Gasteiger partial charge in [0.05, 0.1) is 5.56 Å². The maximum atomic E-state index is 12.8. The van der Waals surface area contributed by atoms with Gasteiger partial charge in [-0.3, -0.25) is 4.79 Å². The van der Waals surface area contributed by atoms with Crippen LogP contribution in [0.5, 0.6) is 0 Å². The van der Waals surface area contributed by atoms with Crippen LogP contribution in [0.4, 0.5) is 11.4 Å². The Labute approximate surface area is 141 Å². The number of nitrogens with zero attached hydrogens (tertiary/aromatic N) is 1. The van der Waals surface area contributed by atoms with Crippen molar-refractivity contribution >= 4 is 23.3 Å². The van der Waals surface area contributed by atoms with Crippen LogP contribution in [0.2, 0.25) is 0 Å². The molecule has 0 aliphatic carbocycles. The standard InChI is InChI=1S/C19H20N2O3/c1-2-17(24-19(23)14-7-9-15(20)10-8-14)18(22)21-12-11-13-5-3-4-6-16(13)21/h3-10,17H,2,11-12,20H2,1H3. The summed E-state index contributed by atoms with van der Waals surface area (Å²) in [5.74, 6) is -0.686. The highest BCUT2D eigenvalue weighted by Crippen LogP contribution is 2.28. The fourth-order valence-electron chi connectivity index (χ4n) is 2.87. The minimum atomic E-state index is -0.791. The number of benzene rings is 2. The molecule has 2 aromatic rings. The molecular weight excluding hydrogens is 304 g/mol. The van der Waals surface area contributed by atoms with Crippen molar-refractivity contribution in [2.45, 2.75) is 25.9 Å². The first-order valence-electron chi connectivity index (χ1n) is 8.06. The van der Waals surface area contributed by atoms with E-state index >= 15 is 0 Å². The van der Waals surface area contributed by atoms with Crippen molar-refractivity contribution in [1.29, 1.82) is 0 Å². The largest absolute Gasteiger partial charge is 0.449 e. The number of para-hydroxylation sites is 1. The van der Waals surface area contributed by atoms with Crippen LogP contribution < -0.4 is 10.6 Å². The first kappa shape index (κ1) is 16.1. The van der Waals surface area contributed by atoms with E-state index in [1.165, 1.54) is 0 Å². The van der Waals surface area contributed by atoms with E-state index in [1.54, 1.807) is 29.2 Å². The lowest BCUT2D eigenvalue weighted by Crippen LogP contribution is -2.40. The molecule has 1 aliphatic rings. The Morgan fingerprint density at radius 2 is 1.88 bits per heavy atom. The Balaban J connectivity index is 1.73. The van der Waals surface area contributed by atoms with Crippen LogP contribution in [-0.2, 0) is 16.0 Å². The second kappa shape index (κ2) is 6.74. The maximum absolute atomic E-state index is 12.8. The molecule has 0 saturated carbocycles. The summed E-state index contributed by atoms with van der Waals surface area (Å²) in [6, 6.07) is 14.3. The zero-order valence-corrected chi connectivity index (χ0v) is 13.6.